The Morgan fingerprint density at radius 3 is 1.97 bits per heavy atom. The molecule has 0 amide bonds. The Morgan fingerprint density at radius 1 is 0.714 bits per heavy atom. The molecule has 0 aliphatic heterocycles. The quantitative estimate of drug-likeness (QED) is 0.192. The summed E-state index contributed by atoms with van der Waals surface area (Å²) in [5.74, 6) is 0.0124. The molecule has 194 valence electrons. The summed E-state index contributed by atoms with van der Waals surface area (Å²) in [7, 11) is 0. The molecule has 2 aromatic rings. The molecule has 0 heterocycles. The minimum atomic E-state index is -0.901. The number of carbonyl (C=O) groups is 1. The third-order valence-corrected chi connectivity index (χ3v) is 6.41. The highest BCUT2D eigenvalue weighted by Gasteiger charge is 2.10. The minimum absolute atomic E-state index is 0.307. The van der Waals surface area contributed by atoms with E-state index in [1.165, 1.54) is 63.4 Å². The van der Waals surface area contributed by atoms with Crippen LogP contribution >= 0.6 is 0 Å². The molecule has 2 rings (SSSR count). The number of rotatable bonds is 20. The van der Waals surface area contributed by atoms with Crippen molar-refractivity contribution in [1.82, 2.24) is 0 Å². The van der Waals surface area contributed by atoms with Crippen LogP contribution in [0.15, 0.2) is 42.5 Å². The van der Waals surface area contributed by atoms with E-state index < -0.39 is 5.97 Å². The summed E-state index contributed by atoms with van der Waals surface area (Å²) >= 11 is 0. The maximum atomic E-state index is 11.2. The molecular weight excluding hydrogens is 436 g/mol. The molecule has 0 fully saturated rings. The molecule has 0 aliphatic carbocycles. The van der Waals surface area contributed by atoms with Gasteiger partial charge in [0.25, 0.3) is 0 Å². The lowest BCUT2D eigenvalue weighted by molar-refractivity contribution is 0.0697. The summed E-state index contributed by atoms with van der Waals surface area (Å²) in [6.07, 6.45) is 15.6. The van der Waals surface area contributed by atoms with Gasteiger partial charge in [0.1, 0.15) is 5.75 Å². The molecule has 0 atom stereocenters. The van der Waals surface area contributed by atoms with Gasteiger partial charge in [-0.3, -0.25) is 0 Å². The van der Waals surface area contributed by atoms with Crippen LogP contribution in [0.3, 0.4) is 0 Å². The zero-order chi connectivity index (χ0) is 25.1. The van der Waals surface area contributed by atoms with E-state index in [-0.39, 0.29) is 0 Å². The fraction of sp³-hybridized carbons (Fsp3) is 0.581. The first-order valence-electron chi connectivity index (χ1n) is 13.8. The standard InChI is InChI=1S/C31H46O4/c1-3-5-7-9-11-13-24-35-29-20-21-30(26-16-18-27(19-17-26)31(32)33)28(25-29)15-14-23-34-22-12-10-8-6-4-2/h16-21,25H,3-15,22-24H2,1-2H3,(H,32,33). The molecule has 0 radical (unpaired) electrons. The molecular formula is C31H46O4. The van der Waals surface area contributed by atoms with E-state index in [0.29, 0.717) is 5.56 Å². The Morgan fingerprint density at radius 2 is 1.31 bits per heavy atom. The molecule has 0 saturated heterocycles. The molecule has 0 aromatic heterocycles. The zero-order valence-corrected chi connectivity index (χ0v) is 22.0. The summed E-state index contributed by atoms with van der Waals surface area (Å²) in [5, 5.41) is 9.22. The van der Waals surface area contributed by atoms with Crippen LogP contribution < -0.4 is 4.74 Å². The lowest BCUT2D eigenvalue weighted by Crippen LogP contribution is -2.02. The molecule has 4 nitrogen and oxygen atoms in total. The van der Waals surface area contributed by atoms with Crippen molar-refractivity contribution in [3.8, 4) is 16.9 Å². The molecule has 35 heavy (non-hydrogen) atoms. The van der Waals surface area contributed by atoms with E-state index in [4.69, 9.17) is 9.47 Å². The van der Waals surface area contributed by atoms with Gasteiger partial charge in [0.05, 0.1) is 12.2 Å². The van der Waals surface area contributed by atoms with Gasteiger partial charge in [-0.2, -0.15) is 0 Å². The molecule has 0 unspecified atom stereocenters. The van der Waals surface area contributed by atoms with E-state index in [9.17, 15) is 9.90 Å². The summed E-state index contributed by atoms with van der Waals surface area (Å²) in [6, 6.07) is 13.4. The van der Waals surface area contributed by atoms with Gasteiger partial charge in [-0.05, 0) is 66.6 Å². The van der Waals surface area contributed by atoms with Gasteiger partial charge in [0.15, 0.2) is 0 Å². The lowest BCUT2D eigenvalue weighted by atomic mass is 9.95. The second-order valence-corrected chi connectivity index (χ2v) is 9.45. The van der Waals surface area contributed by atoms with Crippen molar-refractivity contribution in [2.45, 2.75) is 97.3 Å². The van der Waals surface area contributed by atoms with Crippen LogP contribution in [0.5, 0.6) is 5.75 Å². The highest BCUT2D eigenvalue weighted by molar-refractivity contribution is 5.88. The average molecular weight is 483 g/mol. The predicted octanol–water partition coefficient (Wildman–Crippen LogP) is 8.71. The summed E-state index contributed by atoms with van der Waals surface area (Å²) in [4.78, 5) is 11.2. The number of aryl methyl sites for hydroxylation is 1. The molecule has 2 aromatic carbocycles. The second-order valence-electron chi connectivity index (χ2n) is 9.45. The summed E-state index contributed by atoms with van der Waals surface area (Å²) in [6.45, 7) is 6.83. The van der Waals surface area contributed by atoms with Crippen molar-refractivity contribution in [1.29, 1.82) is 0 Å². The van der Waals surface area contributed by atoms with Crippen molar-refractivity contribution in [3.63, 3.8) is 0 Å². The van der Waals surface area contributed by atoms with Crippen LogP contribution in [0.25, 0.3) is 11.1 Å². The minimum Gasteiger partial charge on any atom is -0.494 e. The molecule has 0 bridgehead atoms. The second kappa shape index (κ2) is 18.0. The van der Waals surface area contributed by atoms with Crippen molar-refractivity contribution in [2.24, 2.45) is 0 Å². The lowest BCUT2D eigenvalue weighted by Gasteiger charge is -2.14. The van der Waals surface area contributed by atoms with Gasteiger partial charge in [-0.15, -0.1) is 0 Å². The monoisotopic (exact) mass is 482 g/mol. The number of carboxylic acid groups (broad SMARTS) is 1. The normalized spacial score (nSPS) is 11.0. The third-order valence-electron chi connectivity index (χ3n) is 6.41. The van der Waals surface area contributed by atoms with Crippen LogP contribution in [-0.2, 0) is 11.2 Å². The first kappa shape index (κ1) is 28.9. The number of ether oxygens (including phenoxy) is 2. The maximum Gasteiger partial charge on any atom is 0.335 e. The Labute approximate surface area is 213 Å². The zero-order valence-electron chi connectivity index (χ0n) is 22.0. The van der Waals surface area contributed by atoms with E-state index in [1.807, 2.05) is 18.2 Å². The van der Waals surface area contributed by atoms with Crippen molar-refractivity contribution in [2.75, 3.05) is 19.8 Å². The van der Waals surface area contributed by atoms with Crippen molar-refractivity contribution < 1.29 is 19.4 Å². The highest BCUT2D eigenvalue weighted by atomic mass is 16.5. The first-order valence-corrected chi connectivity index (χ1v) is 13.8. The van der Waals surface area contributed by atoms with Gasteiger partial charge in [0.2, 0.25) is 0 Å². The highest BCUT2D eigenvalue weighted by Crippen LogP contribution is 2.29. The number of benzene rings is 2. The van der Waals surface area contributed by atoms with E-state index in [2.05, 4.69) is 26.0 Å². The predicted molar refractivity (Wildman–Crippen MR) is 146 cm³/mol. The number of carboxylic acids is 1. The number of aromatic carboxylic acids is 1. The Kier molecular flexibility index (Phi) is 14.9. The summed E-state index contributed by atoms with van der Waals surface area (Å²) in [5.41, 5.74) is 3.69. The van der Waals surface area contributed by atoms with Crippen molar-refractivity contribution in [3.05, 3.63) is 53.6 Å². The van der Waals surface area contributed by atoms with Crippen LogP contribution in [0.1, 0.15) is 107 Å². The summed E-state index contributed by atoms with van der Waals surface area (Å²) < 4.78 is 12.0. The van der Waals surface area contributed by atoms with Gasteiger partial charge in [-0.25, -0.2) is 4.79 Å². The van der Waals surface area contributed by atoms with Crippen LogP contribution in [0.2, 0.25) is 0 Å². The van der Waals surface area contributed by atoms with Gasteiger partial charge in [-0.1, -0.05) is 89.8 Å². The van der Waals surface area contributed by atoms with Gasteiger partial charge >= 0.3 is 5.97 Å². The molecule has 4 heteroatoms. The Bertz CT molecular complexity index is 828. The van der Waals surface area contributed by atoms with Crippen molar-refractivity contribution >= 4 is 5.97 Å². The maximum absolute atomic E-state index is 11.2. The topological polar surface area (TPSA) is 55.8 Å². The molecule has 1 N–H and O–H groups in total. The van der Waals surface area contributed by atoms with Crippen LogP contribution in [-0.4, -0.2) is 30.9 Å². The molecule has 0 aliphatic rings. The smallest absolute Gasteiger partial charge is 0.335 e. The largest absolute Gasteiger partial charge is 0.494 e. The van der Waals surface area contributed by atoms with E-state index >= 15 is 0 Å². The number of hydrogen-bond acceptors (Lipinski definition) is 3. The van der Waals surface area contributed by atoms with E-state index in [1.54, 1.807) is 12.1 Å². The fourth-order valence-corrected chi connectivity index (χ4v) is 4.29. The fourth-order valence-electron chi connectivity index (χ4n) is 4.29. The molecule has 0 saturated carbocycles. The van der Waals surface area contributed by atoms with Gasteiger partial charge < -0.3 is 14.6 Å². The first-order chi connectivity index (χ1) is 17.2. The van der Waals surface area contributed by atoms with Crippen LogP contribution in [0, 0.1) is 0 Å². The Balaban J connectivity index is 1.92. The molecule has 0 spiro atoms. The SMILES string of the molecule is CCCCCCCCOc1ccc(-c2ccc(C(=O)O)cc2)c(CCCOCCCCCCC)c1. The number of unbranched alkanes of at least 4 members (excludes halogenated alkanes) is 9. The van der Waals surface area contributed by atoms with Crippen LogP contribution in [0.4, 0.5) is 0 Å². The third kappa shape index (κ3) is 11.8. The number of hydrogen-bond donors (Lipinski definition) is 1. The van der Waals surface area contributed by atoms with E-state index in [0.717, 1.165) is 62.4 Å². The Hall–Kier alpha value is -2.33. The average Bonchev–Trinajstić information content (AvgIpc) is 2.87. The van der Waals surface area contributed by atoms with Gasteiger partial charge in [0, 0.05) is 13.2 Å².